The topological polar surface area (TPSA) is 62.5 Å². The number of nitrogens with zero attached hydrogens (tertiary/aromatic N) is 4. The monoisotopic (exact) mass is 342 g/mol. The molecular formula is C19H26N4O2. The van der Waals surface area contributed by atoms with E-state index in [-0.39, 0.29) is 11.9 Å². The van der Waals surface area contributed by atoms with Crippen LogP contribution in [0.25, 0.3) is 11.4 Å². The summed E-state index contributed by atoms with van der Waals surface area (Å²) in [7, 11) is 0. The van der Waals surface area contributed by atoms with E-state index in [0.29, 0.717) is 24.1 Å². The first kappa shape index (κ1) is 17.6. The Kier molecular flexibility index (Phi) is 5.48. The molecule has 25 heavy (non-hydrogen) atoms. The molecule has 1 fully saturated rings. The highest BCUT2D eigenvalue weighted by Gasteiger charge is 2.27. The molecule has 2 aromatic rings. The van der Waals surface area contributed by atoms with Crippen LogP contribution in [0, 0.1) is 5.92 Å². The average Bonchev–Trinajstić information content (AvgIpc) is 3.11. The molecule has 0 bridgehead atoms. The largest absolute Gasteiger partial charge is 0.340 e. The molecule has 0 aliphatic carbocycles. The highest BCUT2D eigenvalue weighted by atomic mass is 16.5. The summed E-state index contributed by atoms with van der Waals surface area (Å²) >= 11 is 0. The van der Waals surface area contributed by atoms with E-state index in [9.17, 15) is 4.79 Å². The molecule has 1 saturated heterocycles. The predicted molar refractivity (Wildman–Crippen MR) is 95.8 cm³/mol. The number of benzene rings is 1. The lowest BCUT2D eigenvalue weighted by atomic mass is 10.1. The molecule has 1 aliphatic rings. The fourth-order valence-electron chi connectivity index (χ4n) is 3.10. The van der Waals surface area contributed by atoms with Crippen LogP contribution in [0.2, 0.25) is 0 Å². The van der Waals surface area contributed by atoms with Crippen molar-refractivity contribution in [3.8, 4) is 11.4 Å². The van der Waals surface area contributed by atoms with Crippen LogP contribution < -0.4 is 0 Å². The molecule has 1 aliphatic heterocycles. The molecule has 0 radical (unpaired) electrons. The highest BCUT2D eigenvalue weighted by molar-refractivity contribution is 5.76. The van der Waals surface area contributed by atoms with Crippen molar-refractivity contribution in [1.29, 1.82) is 0 Å². The first-order chi connectivity index (χ1) is 12.0. The summed E-state index contributed by atoms with van der Waals surface area (Å²) in [5, 5.41) is 4.10. The van der Waals surface area contributed by atoms with Crippen molar-refractivity contribution < 1.29 is 9.32 Å². The van der Waals surface area contributed by atoms with Crippen molar-refractivity contribution in [2.24, 2.45) is 5.92 Å². The number of rotatable bonds is 5. The minimum absolute atomic E-state index is 0.0484. The Balaban J connectivity index is 1.59. The lowest BCUT2D eigenvalue weighted by Crippen LogP contribution is -2.49. The van der Waals surface area contributed by atoms with E-state index in [1.54, 1.807) is 0 Å². The smallest absolute Gasteiger partial charge is 0.244 e. The van der Waals surface area contributed by atoms with Gasteiger partial charge in [0.2, 0.25) is 17.6 Å². The number of hydrogen-bond donors (Lipinski definition) is 0. The molecule has 1 aromatic carbocycles. The molecule has 0 saturated carbocycles. The lowest BCUT2D eigenvalue weighted by molar-refractivity contribution is -0.134. The second-order valence-electron chi connectivity index (χ2n) is 7.01. The van der Waals surface area contributed by atoms with Gasteiger partial charge in [-0.25, -0.2) is 0 Å². The Morgan fingerprint density at radius 3 is 2.44 bits per heavy atom. The van der Waals surface area contributed by atoms with E-state index in [1.165, 1.54) is 0 Å². The quantitative estimate of drug-likeness (QED) is 0.836. The van der Waals surface area contributed by atoms with E-state index in [0.717, 1.165) is 31.7 Å². The molecular weight excluding hydrogens is 316 g/mol. The second kappa shape index (κ2) is 7.78. The molecule has 6 heteroatoms. The molecule has 134 valence electrons. The zero-order valence-corrected chi connectivity index (χ0v) is 15.2. The average molecular weight is 342 g/mol. The van der Waals surface area contributed by atoms with Gasteiger partial charge in [-0.2, -0.15) is 4.98 Å². The van der Waals surface area contributed by atoms with Crippen molar-refractivity contribution >= 4 is 5.91 Å². The molecule has 1 atom stereocenters. The number of piperazine rings is 1. The second-order valence-corrected chi connectivity index (χ2v) is 7.01. The van der Waals surface area contributed by atoms with Gasteiger partial charge in [0.05, 0.1) is 6.04 Å². The number of aromatic nitrogens is 2. The van der Waals surface area contributed by atoms with E-state index in [1.807, 2.05) is 35.2 Å². The maximum absolute atomic E-state index is 12.2. The van der Waals surface area contributed by atoms with Crippen LogP contribution in [0.5, 0.6) is 0 Å². The molecule has 2 heterocycles. The normalized spacial score (nSPS) is 17.0. The minimum atomic E-state index is 0.0484. The molecule has 1 unspecified atom stereocenters. The molecule has 3 rings (SSSR count). The van der Waals surface area contributed by atoms with Crippen molar-refractivity contribution in [2.45, 2.75) is 33.2 Å². The fraction of sp³-hybridized carbons (Fsp3) is 0.526. The Labute approximate surface area is 148 Å². The van der Waals surface area contributed by atoms with Crippen LogP contribution in [-0.4, -0.2) is 52.0 Å². The van der Waals surface area contributed by atoms with Gasteiger partial charge in [-0.1, -0.05) is 49.3 Å². The zero-order chi connectivity index (χ0) is 17.8. The Morgan fingerprint density at radius 1 is 1.12 bits per heavy atom. The Bertz CT molecular complexity index is 690. The van der Waals surface area contributed by atoms with Gasteiger partial charge in [0.25, 0.3) is 0 Å². The van der Waals surface area contributed by atoms with Gasteiger partial charge < -0.3 is 9.42 Å². The summed E-state index contributed by atoms with van der Waals surface area (Å²) in [6.45, 7) is 9.41. The molecule has 6 nitrogen and oxygen atoms in total. The van der Waals surface area contributed by atoms with Gasteiger partial charge in [0.15, 0.2) is 0 Å². The van der Waals surface area contributed by atoms with Gasteiger partial charge in [-0.05, 0) is 12.8 Å². The third-order valence-electron chi connectivity index (χ3n) is 4.63. The zero-order valence-electron chi connectivity index (χ0n) is 15.2. The van der Waals surface area contributed by atoms with Crippen molar-refractivity contribution in [3.05, 3.63) is 36.2 Å². The number of carbonyl (C=O) groups is 1. The summed E-state index contributed by atoms with van der Waals surface area (Å²) in [6, 6.07) is 9.88. The van der Waals surface area contributed by atoms with Crippen molar-refractivity contribution in [1.82, 2.24) is 19.9 Å². The number of carbonyl (C=O) groups excluding carboxylic acids is 1. The summed E-state index contributed by atoms with van der Waals surface area (Å²) < 4.78 is 5.48. The van der Waals surface area contributed by atoms with Gasteiger partial charge in [0, 0.05) is 38.2 Å². The van der Waals surface area contributed by atoms with E-state index in [4.69, 9.17) is 4.52 Å². The summed E-state index contributed by atoms with van der Waals surface area (Å²) in [6.07, 6.45) is 0.625. The van der Waals surface area contributed by atoms with Crippen molar-refractivity contribution in [3.63, 3.8) is 0 Å². The van der Waals surface area contributed by atoms with Crippen LogP contribution in [0.15, 0.2) is 34.9 Å². The third-order valence-corrected chi connectivity index (χ3v) is 4.63. The van der Waals surface area contributed by atoms with E-state index < -0.39 is 0 Å². The maximum Gasteiger partial charge on any atom is 0.244 e. The standard InChI is InChI=1S/C19H26N4O2/c1-14(2)13-17(24)23-11-9-22(10-12-23)15(3)19-20-18(21-25-19)16-7-5-4-6-8-16/h4-8,14-15H,9-13H2,1-3H3. The summed E-state index contributed by atoms with van der Waals surface area (Å²) in [5.74, 6) is 1.90. The summed E-state index contributed by atoms with van der Waals surface area (Å²) in [5.41, 5.74) is 0.953. The third kappa shape index (κ3) is 4.25. The van der Waals surface area contributed by atoms with E-state index in [2.05, 4.69) is 35.8 Å². The Hall–Kier alpha value is -2.21. The summed E-state index contributed by atoms with van der Waals surface area (Å²) in [4.78, 5) is 21.0. The number of hydrogen-bond acceptors (Lipinski definition) is 5. The van der Waals surface area contributed by atoms with E-state index >= 15 is 0 Å². The predicted octanol–water partition coefficient (Wildman–Crippen LogP) is 2.99. The first-order valence-electron chi connectivity index (χ1n) is 8.95. The molecule has 0 spiro atoms. The molecule has 1 amide bonds. The Morgan fingerprint density at radius 2 is 1.80 bits per heavy atom. The van der Waals surface area contributed by atoms with Crippen LogP contribution >= 0.6 is 0 Å². The molecule has 0 N–H and O–H groups in total. The number of amides is 1. The maximum atomic E-state index is 12.2. The van der Waals surface area contributed by atoms with Crippen LogP contribution in [-0.2, 0) is 4.79 Å². The lowest BCUT2D eigenvalue weighted by Gasteiger charge is -2.37. The molecule has 1 aromatic heterocycles. The first-order valence-corrected chi connectivity index (χ1v) is 8.95. The highest BCUT2D eigenvalue weighted by Crippen LogP contribution is 2.23. The van der Waals surface area contributed by atoms with Gasteiger partial charge in [0.1, 0.15) is 0 Å². The van der Waals surface area contributed by atoms with Crippen LogP contribution in [0.3, 0.4) is 0 Å². The van der Waals surface area contributed by atoms with Crippen molar-refractivity contribution in [2.75, 3.05) is 26.2 Å². The van der Waals surface area contributed by atoms with Crippen LogP contribution in [0.4, 0.5) is 0 Å². The van der Waals surface area contributed by atoms with Gasteiger partial charge in [-0.15, -0.1) is 0 Å². The fourth-order valence-corrected chi connectivity index (χ4v) is 3.10. The SMILES string of the molecule is CC(C)CC(=O)N1CCN(C(C)c2nc(-c3ccccc3)no2)CC1. The van der Waals surface area contributed by atoms with Gasteiger partial charge in [-0.3, -0.25) is 9.69 Å². The minimum Gasteiger partial charge on any atom is -0.340 e. The van der Waals surface area contributed by atoms with Crippen LogP contribution in [0.1, 0.15) is 39.1 Å². The van der Waals surface area contributed by atoms with Gasteiger partial charge >= 0.3 is 0 Å².